The van der Waals surface area contributed by atoms with Crippen molar-refractivity contribution >= 4 is 39.3 Å². The molecule has 0 aliphatic carbocycles. The van der Waals surface area contributed by atoms with Gasteiger partial charge in [0.15, 0.2) is 0 Å². The number of aryl methyl sites for hydroxylation is 1. The maximum absolute atomic E-state index is 12.9. The highest BCUT2D eigenvalue weighted by atomic mass is 79.9. The fourth-order valence-electron chi connectivity index (χ4n) is 2.78. The number of carbonyl (C=O) groups is 2. The zero-order valence-electron chi connectivity index (χ0n) is 15.5. The lowest BCUT2D eigenvalue weighted by molar-refractivity contribution is -0.140. The van der Waals surface area contributed by atoms with Crippen molar-refractivity contribution < 1.29 is 9.59 Å². The molecule has 0 unspecified atom stereocenters. The standard InChI is InChI=1S/C21H24BrClN2O2/c1-3-24-21(27)15(2)25(14-16-8-11-18(22)12-9-16)20(26)13-10-17-6-4-5-7-19(17)23/h4-9,11-12,15H,3,10,13-14H2,1-2H3,(H,24,27)/t15-/m0/s1. The number of nitrogens with one attached hydrogen (secondary N) is 1. The molecule has 2 rings (SSSR count). The minimum atomic E-state index is -0.549. The van der Waals surface area contributed by atoms with E-state index in [0.717, 1.165) is 15.6 Å². The molecule has 0 aromatic heterocycles. The van der Waals surface area contributed by atoms with E-state index in [4.69, 9.17) is 11.6 Å². The van der Waals surface area contributed by atoms with E-state index in [1.807, 2.05) is 55.5 Å². The van der Waals surface area contributed by atoms with Crippen molar-refractivity contribution in [1.29, 1.82) is 0 Å². The molecule has 0 fully saturated rings. The minimum absolute atomic E-state index is 0.0726. The number of nitrogens with zero attached hydrogens (tertiary/aromatic N) is 1. The number of halogens is 2. The maximum Gasteiger partial charge on any atom is 0.242 e. The third-order valence-electron chi connectivity index (χ3n) is 4.35. The number of amides is 2. The van der Waals surface area contributed by atoms with E-state index in [9.17, 15) is 9.59 Å². The second-order valence-electron chi connectivity index (χ2n) is 6.31. The van der Waals surface area contributed by atoms with Crippen molar-refractivity contribution in [1.82, 2.24) is 10.2 Å². The van der Waals surface area contributed by atoms with Gasteiger partial charge in [0.25, 0.3) is 0 Å². The molecule has 6 heteroatoms. The van der Waals surface area contributed by atoms with E-state index in [-0.39, 0.29) is 11.8 Å². The average molecular weight is 452 g/mol. The van der Waals surface area contributed by atoms with Crippen LogP contribution in [0.2, 0.25) is 5.02 Å². The summed E-state index contributed by atoms with van der Waals surface area (Å²) in [5, 5.41) is 3.45. The summed E-state index contributed by atoms with van der Waals surface area (Å²) in [4.78, 5) is 26.9. The monoisotopic (exact) mass is 450 g/mol. The van der Waals surface area contributed by atoms with Gasteiger partial charge in [-0.3, -0.25) is 9.59 Å². The van der Waals surface area contributed by atoms with E-state index in [2.05, 4.69) is 21.2 Å². The maximum atomic E-state index is 12.9. The SMILES string of the molecule is CCNC(=O)[C@H](C)N(Cc1ccc(Br)cc1)C(=O)CCc1ccccc1Cl. The quantitative estimate of drug-likeness (QED) is 0.638. The predicted molar refractivity (Wildman–Crippen MR) is 113 cm³/mol. The highest BCUT2D eigenvalue weighted by molar-refractivity contribution is 9.10. The second-order valence-corrected chi connectivity index (χ2v) is 7.63. The van der Waals surface area contributed by atoms with Crippen LogP contribution < -0.4 is 5.32 Å². The Morgan fingerprint density at radius 1 is 1.15 bits per heavy atom. The first kappa shape index (κ1) is 21.5. The van der Waals surface area contributed by atoms with E-state index in [1.54, 1.807) is 11.8 Å². The molecule has 0 spiro atoms. The Kier molecular flexibility index (Phi) is 8.32. The highest BCUT2D eigenvalue weighted by Crippen LogP contribution is 2.19. The number of hydrogen-bond donors (Lipinski definition) is 1. The molecule has 2 aromatic carbocycles. The Morgan fingerprint density at radius 2 is 1.81 bits per heavy atom. The van der Waals surface area contributed by atoms with Gasteiger partial charge in [-0.25, -0.2) is 0 Å². The molecule has 1 N–H and O–H groups in total. The van der Waals surface area contributed by atoms with Gasteiger partial charge in [-0.05, 0) is 49.6 Å². The van der Waals surface area contributed by atoms with E-state index < -0.39 is 6.04 Å². The van der Waals surface area contributed by atoms with Gasteiger partial charge < -0.3 is 10.2 Å². The molecule has 2 aromatic rings. The molecule has 0 radical (unpaired) electrons. The molecule has 0 bridgehead atoms. The smallest absolute Gasteiger partial charge is 0.242 e. The zero-order valence-corrected chi connectivity index (χ0v) is 17.9. The van der Waals surface area contributed by atoms with Gasteiger partial charge >= 0.3 is 0 Å². The van der Waals surface area contributed by atoms with Crippen molar-refractivity contribution in [3.05, 3.63) is 69.2 Å². The van der Waals surface area contributed by atoms with Crippen LogP contribution in [0.1, 0.15) is 31.4 Å². The van der Waals surface area contributed by atoms with Gasteiger partial charge in [-0.2, -0.15) is 0 Å². The van der Waals surface area contributed by atoms with Crippen molar-refractivity contribution in [2.45, 2.75) is 39.3 Å². The Balaban J connectivity index is 2.14. The summed E-state index contributed by atoms with van der Waals surface area (Å²) in [5.74, 6) is -0.225. The summed E-state index contributed by atoms with van der Waals surface area (Å²) in [7, 11) is 0. The molecule has 144 valence electrons. The Bertz CT molecular complexity index is 780. The van der Waals surface area contributed by atoms with Crippen LogP contribution in [0.3, 0.4) is 0 Å². The molecular weight excluding hydrogens is 428 g/mol. The number of benzene rings is 2. The van der Waals surface area contributed by atoms with Crippen LogP contribution in [-0.4, -0.2) is 29.3 Å². The number of rotatable bonds is 8. The summed E-state index contributed by atoms with van der Waals surface area (Å²) in [6.45, 7) is 4.54. The number of likely N-dealkylation sites (N-methyl/N-ethyl adjacent to an activating group) is 1. The van der Waals surface area contributed by atoms with Gasteiger partial charge in [0.2, 0.25) is 11.8 Å². The summed E-state index contributed by atoms with van der Waals surface area (Å²) >= 11 is 9.61. The lowest BCUT2D eigenvalue weighted by Gasteiger charge is -2.29. The first-order chi connectivity index (χ1) is 12.9. The van der Waals surface area contributed by atoms with Gasteiger partial charge in [-0.1, -0.05) is 57.9 Å². The van der Waals surface area contributed by atoms with Crippen LogP contribution in [-0.2, 0) is 22.6 Å². The summed E-state index contributed by atoms with van der Waals surface area (Å²) in [6.07, 6.45) is 0.835. The van der Waals surface area contributed by atoms with Crippen molar-refractivity contribution in [3.8, 4) is 0 Å². The van der Waals surface area contributed by atoms with E-state index in [0.29, 0.717) is 31.0 Å². The molecule has 0 heterocycles. The summed E-state index contributed by atoms with van der Waals surface area (Å²) in [6, 6.07) is 14.7. The summed E-state index contributed by atoms with van der Waals surface area (Å²) in [5.41, 5.74) is 1.90. The Morgan fingerprint density at radius 3 is 2.44 bits per heavy atom. The highest BCUT2D eigenvalue weighted by Gasteiger charge is 2.25. The Hall–Kier alpha value is -1.85. The lowest BCUT2D eigenvalue weighted by Crippen LogP contribution is -2.47. The second kappa shape index (κ2) is 10.5. The van der Waals surface area contributed by atoms with Crippen LogP contribution >= 0.6 is 27.5 Å². The van der Waals surface area contributed by atoms with Gasteiger partial charge in [0.1, 0.15) is 6.04 Å². The average Bonchev–Trinajstić information content (AvgIpc) is 2.66. The lowest BCUT2D eigenvalue weighted by atomic mass is 10.1. The minimum Gasteiger partial charge on any atom is -0.355 e. The largest absolute Gasteiger partial charge is 0.355 e. The van der Waals surface area contributed by atoms with Crippen LogP contribution in [0.4, 0.5) is 0 Å². The van der Waals surface area contributed by atoms with E-state index >= 15 is 0 Å². The molecule has 0 saturated heterocycles. The molecule has 2 amide bonds. The van der Waals surface area contributed by atoms with Crippen molar-refractivity contribution in [3.63, 3.8) is 0 Å². The normalized spacial score (nSPS) is 11.7. The first-order valence-corrected chi connectivity index (χ1v) is 10.1. The fraction of sp³-hybridized carbons (Fsp3) is 0.333. The molecular formula is C21H24BrClN2O2. The third kappa shape index (κ3) is 6.36. The van der Waals surface area contributed by atoms with Crippen LogP contribution in [0.25, 0.3) is 0 Å². The fourth-order valence-corrected chi connectivity index (χ4v) is 3.27. The van der Waals surface area contributed by atoms with E-state index in [1.165, 1.54) is 0 Å². The molecule has 0 aliphatic rings. The molecule has 1 atom stereocenters. The topological polar surface area (TPSA) is 49.4 Å². The van der Waals surface area contributed by atoms with Gasteiger partial charge in [0, 0.05) is 29.0 Å². The number of hydrogen-bond acceptors (Lipinski definition) is 2. The van der Waals surface area contributed by atoms with Crippen LogP contribution in [0.15, 0.2) is 53.0 Å². The molecule has 4 nitrogen and oxygen atoms in total. The number of carbonyl (C=O) groups excluding carboxylic acids is 2. The third-order valence-corrected chi connectivity index (χ3v) is 5.25. The molecule has 27 heavy (non-hydrogen) atoms. The van der Waals surface area contributed by atoms with Crippen LogP contribution in [0.5, 0.6) is 0 Å². The Labute approximate surface area is 174 Å². The predicted octanol–water partition coefficient (Wildman–Crippen LogP) is 4.59. The summed E-state index contributed by atoms with van der Waals surface area (Å²) < 4.78 is 0.972. The van der Waals surface area contributed by atoms with Crippen molar-refractivity contribution in [2.24, 2.45) is 0 Å². The first-order valence-electron chi connectivity index (χ1n) is 8.97. The molecule has 0 saturated carbocycles. The van der Waals surface area contributed by atoms with Crippen molar-refractivity contribution in [2.75, 3.05) is 6.54 Å². The van der Waals surface area contributed by atoms with Gasteiger partial charge in [0.05, 0.1) is 0 Å². The van der Waals surface area contributed by atoms with Gasteiger partial charge in [-0.15, -0.1) is 0 Å². The van der Waals surface area contributed by atoms with Crippen LogP contribution in [0, 0.1) is 0 Å². The zero-order chi connectivity index (χ0) is 19.8. The molecule has 0 aliphatic heterocycles.